The van der Waals surface area contributed by atoms with Crippen molar-refractivity contribution in [3.05, 3.63) is 75.7 Å². The zero-order valence-corrected chi connectivity index (χ0v) is 23.3. The fraction of sp³-hybridized carbons (Fsp3) is 0.370. The number of aryl methyl sites for hydroxylation is 2. The molecule has 0 radical (unpaired) electrons. The molecule has 3 aromatic rings. The summed E-state index contributed by atoms with van der Waals surface area (Å²) in [6, 6.07) is 12.0. The molecule has 0 unspecified atom stereocenters. The lowest BCUT2D eigenvalue weighted by atomic mass is 9.84. The summed E-state index contributed by atoms with van der Waals surface area (Å²) in [5.74, 6) is 0.768. The van der Waals surface area contributed by atoms with Gasteiger partial charge in [-0.2, -0.15) is 8.42 Å². The molecule has 2 aromatic carbocycles. The maximum atomic E-state index is 11.3. The van der Waals surface area contributed by atoms with Gasteiger partial charge in [0.25, 0.3) is 15.9 Å². The van der Waals surface area contributed by atoms with Gasteiger partial charge >= 0.3 is 0 Å². The van der Waals surface area contributed by atoms with Crippen molar-refractivity contribution in [1.29, 1.82) is 0 Å². The van der Waals surface area contributed by atoms with Crippen LogP contribution in [0.1, 0.15) is 45.5 Å². The van der Waals surface area contributed by atoms with Gasteiger partial charge in [-0.15, -0.1) is 0 Å². The third-order valence-corrected chi connectivity index (χ3v) is 8.39. The van der Waals surface area contributed by atoms with Gasteiger partial charge in [0.05, 0.1) is 28.9 Å². The molecule has 0 atom stereocenters. The summed E-state index contributed by atoms with van der Waals surface area (Å²) in [6.45, 7) is 10.6. The summed E-state index contributed by atoms with van der Waals surface area (Å²) in [6.07, 6.45) is 6.57. The lowest BCUT2D eigenvalue weighted by molar-refractivity contribution is -0.670. The second-order valence-electron chi connectivity index (χ2n) is 9.45. The normalized spacial score (nSPS) is 16.5. The zero-order chi connectivity index (χ0) is 26.3. The second-order valence-corrected chi connectivity index (χ2v) is 11.8. The molecule has 1 N–H and O–H groups in total. The van der Waals surface area contributed by atoms with E-state index in [1.54, 1.807) is 0 Å². The van der Waals surface area contributed by atoms with Crippen molar-refractivity contribution in [2.75, 3.05) is 17.2 Å². The molecule has 0 fully saturated rings. The fourth-order valence-electron chi connectivity index (χ4n) is 5.21. The Labute approximate surface area is 223 Å². The van der Waals surface area contributed by atoms with Gasteiger partial charge in [-0.1, -0.05) is 61.3 Å². The highest BCUT2D eigenvalue weighted by Crippen LogP contribution is 2.47. The molecule has 0 bridgehead atoms. The lowest BCUT2D eigenvalue weighted by Gasteiger charge is -2.26. The van der Waals surface area contributed by atoms with Crippen LogP contribution >= 0.6 is 23.2 Å². The van der Waals surface area contributed by atoms with Crippen LogP contribution in [0.4, 0.5) is 5.69 Å². The monoisotopic (exact) mass is 548 g/mol. The van der Waals surface area contributed by atoms with Crippen molar-refractivity contribution in [3.8, 4) is 0 Å². The maximum Gasteiger partial charge on any atom is 0.282 e. The quantitative estimate of drug-likeness (QED) is 0.267. The summed E-state index contributed by atoms with van der Waals surface area (Å²) < 4.78 is 36.3. The number of allylic oxidation sites excluding steroid dienone is 3. The van der Waals surface area contributed by atoms with Crippen molar-refractivity contribution in [2.24, 2.45) is 0 Å². The summed E-state index contributed by atoms with van der Waals surface area (Å²) in [7, 11) is -4.01. The molecule has 9 heteroatoms. The number of benzene rings is 2. The van der Waals surface area contributed by atoms with Gasteiger partial charge in [0.1, 0.15) is 0 Å². The first-order valence-electron chi connectivity index (χ1n) is 12.1. The molecule has 2 heterocycles. The van der Waals surface area contributed by atoms with Crippen LogP contribution in [0.2, 0.25) is 10.0 Å². The minimum absolute atomic E-state index is 0.266. The molecule has 0 saturated heterocycles. The fourth-order valence-corrected chi connectivity index (χ4v) is 6.02. The summed E-state index contributed by atoms with van der Waals surface area (Å²) in [5.41, 5.74) is 5.12. The predicted molar refractivity (Wildman–Crippen MR) is 148 cm³/mol. The number of nitrogens with zero attached hydrogens (tertiary/aromatic N) is 3. The number of hydrogen-bond donors (Lipinski definition) is 1. The first kappa shape index (κ1) is 26.7. The second kappa shape index (κ2) is 10.2. The van der Waals surface area contributed by atoms with Gasteiger partial charge in [-0.3, -0.25) is 4.55 Å². The van der Waals surface area contributed by atoms with E-state index in [-0.39, 0.29) is 11.2 Å². The van der Waals surface area contributed by atoms with Crippen molar-refractivity contribution < 1.29 is 17.5 Å². The lowest BCUT2D eigenvalue weighted by Crippen LogP contribution is -2.35. The number of hydrogen-bond acceptors (Lipinski definition) is 3. The Morgan fingerprint density at radius 1 is 1.11 bits per heavy atom. The van der Waals surface area contributed by atoms with Crippen LogP contribution in [0.25, 0.3) is 17.1 Å². The number of fused-ring (bicyclic) bond motifs is 2. The number of halogens is 2. The Kier molecular flexibility index (Phi) is 7.58. The summed E-state index contributed by atoms with van der Waals surface area (Å²) in [4.78, 5) is 2.16. The highest BCUT2D eigenvalue weighted by molar-refractivity contribution is 7.85. The van der Waals surface area contributed by atoms with E-state index in [1.165, 1.54) is 5.56 Å². The number of rotatable bonds is 8. The average Bonchev–Trinajstić information content (AvgIpc) is 3.21. The molecule has 1 aliphatic rings. The Morgan fingerprint density at radius 3 is 2.47 bits per heavy atom. The third-order valence-electron chi connectivity index (χ3n) is 6.87. The molecule has 0 spiro atoms. The maximum absolute atomic E-state index is 11.3. The first-order valence-corrected chi connectivity index (χ1v) is 14.5. The van der Waals surface area contributed by atoms with Gasteiger partial charge in [-0.05, 0) is 38.0 Å². The van der Waals surface area contributed by atoms with Gasteiger partial charge in [-0.25, -0.2) is 9.13 Å². The number of imidazole rings is 1. The summed E-state index contributed by atoms with van der Waals surface area (Å²) in [5, 5.41) is 1.06. The van der Waals surface area contributed by atoms with Gasteiger partial charge in [0.2, 0.25) is 0 Å². The van der Waals surface area contributed by atoms with Crippen LogP contribution in [0, 0.1) is 0 Å². The third kappa shape index (κ3) is 4.94. The minimum atomic E-state index is -4.01. The highest BCUT2D eigenvalue weighted by Gasteiger charge is 2.39. The molecule has 192 valence electrons. The Bertz CT molecular complexity index is 1430. The standard InChI is InChI=1S/C27H31Cl2N3O3S/c1-5-30-23-17-20(28)21(29)18-24(23)31(6-2)26(30)14-9-13-25-27(3,4)19-11-7-8-12-22(19)32(25)15-10-16-36(33,34)35/h7-9,11-14,17-18H,5-6,10,15-16H2,1-4H3/p+1. The van der Waals surface area contributed by atoms with Crippen LogP contribution in [0.15, 0.2) is 54.2 Å². The number of para-hydroxylation sites is 1. The van der Waals surface area contributed by atoms with Gasteiger partial charge in [0.15, 0.2) is 11.0 Å². The Morgan fingerprint density at radius 2 is 1.81 bits per heavy atom. The summed E-state index contributed by atoms with van der Waals surface area (Å²) >= 11 is 12.7. The molecule has 6 nitrogen and oxygen atoms in total. The highest BCUT2D eigenvalue weighted by atomic mass is 35.5. The zero-order valence-electron chi connectivity index (χ0n) is 21.0. The van der Waals surface area contributed by atoms with Crippen molar-refractivity contribution >= 4 is 56.1 Å². The van der Waals surface area contributed by atoms with Crippen LogP contribution < -0.4 is 9.47 Å². The van der Waals surface area contributed by atoms with Crippen LogP contribution in [0.3, 0.4) is 0 Å². The molecule has 4 rings (SSSR count). The first-order chi connectivity index (χ1) is 17.0. The molecule has 0 aliphatic carbocycles. The van der Waals surface area contributed by atoms with E-state index < -0.39 is 10.1 Å². The predicted octanol–water partition coefficient (Wildman–Crippen LogP) is 6.25. The largest absolute Gasteiger partial charge is 0.344 e. The topological polar surface area (TPSA) is 66.4 Å². The number of anilines is 1. The SMILES string of the molecule is CCn1c(/C=C/C=C2/N(CCCS(=O)(=O)O)c3ccccc3C2(C)C)[n+](CC)c2cc(Cl)c(Cl)cc21. The van der Waals surface area contributed by atoms with E-state index in [0.717, 1.165) is 41.3 Å². The van der Waals surface area contributed by atoms with E-state index in [2.05, 4.69) is 72.1 Å². The van der Waals surface area contributed by atoms with Gasteiger partial charge < -0.3 is 4.90 Å². The van der Waals surface area contributed by atoms with E-state index in [9.17, 15) is 13.0 Å². The average molecular weight is 550 g/mol. The molecule has 1 aliphatic heterocycles. The number of aromatic nitrogens is 2. The molecule has 0 amide bonds. The molecule has 1 aromatic heterocycles. The van der Waals surface area contributed by atoms with Crippen LogP contribution in [-0.4, -0.2) is 29.8 Å². The minimum Gasteiger partial charge on any atom is -0.344 e. The van der Waals surface area contributed by atoms with Crippen molar-refractivity contribution in [2.45, 2.75) is 52.6 Å². The van der Waals surface area contributed by atoms with Crippen molar-refractivity contribution in [3.63, 3.8) is 0 Å². The molecule has 0 saturated carbocycles. The van der Waals surface area contributed by atoms with Gasteiger partial charge in [0, 0.05) is 41.6 Å². The molecule has 36 heavy (non-hydrogen) atoms. The smallest absolute Gasteiger partial charge is 0.282 e. The van der Waals surface area contributed by atoms with E-state index >= 15 is 0 Å². The molecular weight excluding hydrogens is 517 g/mol. The van der Waals surface area contributed by atoms with Crippen molar-refractivity contribution in [1.82, 2.24) is 4.57 Å². The van der Waals surface area contributed by atoms with E-state index in [0.29, 0.717) is 23.0 Å². The molecular formula is C27H32Cl2N3O3S+. The van der Waals surface area contributed by atoms with E-state index in [4.69, 9.17) is 23.2 Å². The Hall–Kier alpha value is -2.32. The van der Waals surface area contributed by atoms with E-state index in [1.807, 2.05) is 24.3 Å². The van der Waals surface area contributed by atoms with Crippen LogP contribution in [-0.2, 0) is 28.6 Å². The Balaban J connectivity index is 1.76. The van der Waals surface area contributed by atoms with Crippen LogP contribution in [0.5, 0.6) is 0 Å².